The van der Waals surface area contributed by atoms with Gasteiger partial charge < -0.3 is 5.11 Å². The Morgan fingerprint density at radius 3 is 2.73 bits per heavy atom. The van der Waals surface area contributed by atoms with Crippen molar-refractivity contribution in [3.8, 4) is 0 Å². The van der Waals surface area contributed by atoms with Crippen LogP contribution < -0.4 is 0 Å². The molecule has 1 N–H and O–H groups in total. The van der Waals surface area contributed by atoms with Crippen LogP contribution in [0.15, 0.2) is 0 Å². The average molecular weight is 213 g/mol. The lowest BCUT2D eigenvalue weighted by Crippen LogP contribution is -2.41. The van der Waals surface area contributed by atoms with Crippen LogP contribution in [0, 0.1) is 5.92 Å². The van der Waals surface area contributed by atoms with Gasteiger partial charge in [0.25, 0.3) is 0 Å². The molecule has 0 aromatic heterocycles. The second-order valence-corrected chi connectivity index (χ2v) is 4.76. The SMILES string of the molecule is CCC(C)C(C)N1CCCC1CC(=O)O. The zero-order valence-corrected chi connectivity index (χ0v) is 10.1. The first-order valence-electron chi connectivity index (χ1n) is 6.03. The number of carboxylic acids is 1. The Morgan fingerprint density at radius 1 is 1.53 bits per heavy atom. The highest BCUT2D eigenvalue weighted by Crippen LogP contribution is 2.26. The number of hydrogen-bond acceptors (Lipinski definition) is 2. The second-order valence-electron chi connectivity index (χ2n) is 4.76. The van der Waals surface area contributed by atoms with Gasteiger partial charge in [0.1, 0.15) is 0 Å². The molecule has 0 aromatic carbocycles. The van der Waals surface area contributed by atoms with Crippen LogP contribution in [0.2, 0.25) is 0 Å². The maximum absolute atomic E-state index is 10.7. The molecule has 3 unspecified atom stereocenters. The second kappa shape index (κ2) is 5.50. The molecule has 0 amide bonds. The summed E-state index contributed by atoms with van der Waals surface area (Å²) in [4.78, 5) is 13.1. The Bertz CT molecular complexity index is 218. The quantitative estimate of drug-likeness (QED) is 0.762. The minimum Gasteiger partial charge on any atom is -0.481 e. The van der Waals surface area contributed by atoms with E-state index in [4.69, 9.17) is 5.11 Å². The molecule has 15 heavy (non-hydrogen) atoms. The lowest BCUT2D eigenvalue weighted by Gasteiger charge is -2.33. The van der Waals surface area contributed by atoms with E-state index < -0.39 is 5.97 Å². The largest absolute Gasteiger partial charge is 0.481 e. The van der Waals surface area contributed by atoms with Gasteiger partial charge >= 0.3 is 5.97 Å². The molecular formula is C12H23NO2. The molecule has 3 atom stereocenters. The van der Waals surface area contributed by atoms with Crippen molar-refractivity contribution in [1.29, 1.82) is 0 Å². The van der Waals surface area contributed by atoms with E-state index in [2.05, 4.69) is 25.7 Å². The third kappa shape index (κ3) is 3.20. The Morgan fingerprint density at radius 2 is 2.20 bits per heavy atom. The summed E-state index contributed by atoms with van der Waals surface area (Å²) in [5.74, 6) is -0.0114. The molecule has 0 radical (unpaired) electrons. The van der Waals surface area contributed by atoms with Gasteiger partial charge in [0.2, 0.25) is 0 Å². The number of aliphatic carboxylic acids is 1. The summed E-state index contributed by atoms with van der Waals surface area (Å²) in [6, 6.07) is 0.786. The van der Waals surface area contributed by atoms with Gasteiger partial charge in [-0.3, -0.25) is 9.69 Å². The fourth-order valence-electron chi connectivity index (χ4n) is 2.48. The van der Waals surface area contributed by atoms with Gasteiger partial charge in [-0.25, -0.2) is 0 Å². The smallest absolute Gasteiger partial charge is 0.304 e. The van der Waals surface area contributed by atoms with Gasteiger partial charge in [0, 0.05) is 12.1 Å². The molecule has 1 rings (SSSR count). The van der Waals surface area contributed by atoms with Crippen LogP contribution in [-0.2, 0) is 4.79 Å². The normalized spacial score (nSPS) is 26.5. The molecule has 0 aromatic rings. The molecule has 3 nitrogen and oxygen atoms in total. The van der Waals surface area contributed by atoms with Crippen LogP contribution in [-0.4, -0.2) is 34.6 Å². The Balaban J connectivity index is 2.55. The Hall–Kier alpha value is -0.570. The van der Waals surface area contributed by atoms with Crippen molar-refractivity contribution in [2.75, 3.05) is 6.54 Å². The predicted molar refractivity (Wildman–Crippen MR) is 60.9 cm³/mol. The van der Waals surface area contributed by atoms with Crippen LogP contribution >= 0.6 is 0 Å². The Labute approximate surface area is 92.5 Å². The average Bonchev–Trinajstić information content (AvgIpc) is 2.62. The summed E-state index contributed by atoms with van der Waals surface area (Å²) in [6.07, 6.45) is 3.67. The monoisotopic (exact) mass is 213 g/mol. The van der Waals surface area contributed by atoms with E-state index in [1.807, 2.05) is 0 Å². The standard InChI is InChI=1S/C12H23NO2/c1-4-9(2)10(3)13-7-5-6-11(13)8-12(14)15/h9-11H,4-8H2,1-3H3,(H,14,15). The van der Waals surface area contributed by atoms with Gasteiger partial charge in [-0.05, 0) is 32.2 Å². The van der Waals surface area contributed by atoms with E-state index in [9.17, 15) is 4.79 Å². The molecular weight excluding hydrogens is 190 g/mol. The topological polar surface area (TPSA) is 40.5 Å². The maximum Gasteiger partial charge on any atom is 0.304 e. The summed E-state index contributed by atoms with van der Waals surface area (Å²) < 4.78 is 0. The number of rotatable bonds is 5. The zero-order chi connectivity index (χ0) is 11.4. The molecule has 1 saturated heterocycles. The number of likely N-dealkylation sites (tertiary alicyclic amines) is 1. The minimum absolute atomic E-state index is 0.270. The maximum atomic E-state index is 10.7. The number of carbonyl (C=O) groups is 1. The van der Waals surface area contributed by atoms with Gasteiger partial charge in [0.05, 0.1) is 6.42 Å². The first-order valence-corrected chi connectivity index (χ1v) is 6.03. The number of nitrogens with zero attached hydrogens (tertiary/aromatic N) is 1. The van der Waals surface area contributed by atoms with E-state index in [0.717, 1.165) is 25.8 Å². The molecule has 3 heteroatoms. The third-order valence-electron chi connectivity index (χ3n) is 3.82. The summed E-state index contributed by atoms with van der Waals surface area (Å²) in [7, 11) is 0. The van der Waals surface area contributed by atoms with Crippen molar-refractivity contribution in [3.63, 3.8) is 0 Å². The van der Waals surface area contributed by atoms with Gasteiger partial charge in [0.15, 0.2) is 0 Å². The number of carboxylic acid groups (broad SMARTS) is 1. The molecule has 1 heterocycles. The van der Waals surface area contributed by atoms with E-state index >= 15 is 0 Å². The van der Waals surface area contributed by atoms with Crippen LogP contribution in [0.5, 0.6) is 0 Å². The number of hydrogen-bond donors (Lipinski definition) is 1. The van der Waals surface area contributed by atoms with E-state index in [1.165, 1.54) is 0 Å². The van der Waals surface area contributed by atoms with E-state index in [-0.39, 0.29) is 6.04 Å². The lowest BCUT2D eigenvalue weighted by atomic mass is 9.98. The van der Waals surface area contributed by atoms with Crippen molar-refractivity contribution >= 4 is 5.97 Å². The first kappa shape index (κ1) is 12.5. The lowest BCUT2D eigenvalue weighted by molar-refractivity contribution is -0.138. The molecule has 1 fully saturated rings. The highest BCUT2D eigenvalue weighted by atomic mass is 16.4. The highest BCUT2D eigenvalue weighted by molar-refractivity contribution is 5.67. The van der Waals surface area contributed by atoms with Gasteiger partial charge in [-0.15, -0.1) is 0 Å². The molecule has 1 aliphatic rings. The first-order chi connectivity index (χ1) is 7.06. The summed E-state index contributed by atoms with van der Waals surface area (Å²) in [6.45, 7) is 7.75. The summed E-state index contributed by atoms with van der Waals surface area (Å²) in [5.41, 5.74) is 0. The predicted octanol–water partition coefficient (Wildman–Crippen LogP) is 2.36. The highest BCUT2D eigenvalue weighted by Gasteiger charge is 2.31. The van der Waals surface area contributed by atoms with Gasteiger partial charge in [-0.1, -0.05) is 20.3 Å². The fourth-order valence-corrected chi connectivity index (χ4v) is 2.48. The van der Waals surface area contributed by atoms with Gasteiger partial charge in [-0.2, -0.15) is 0 Å². The molecule has 0 aliphatic carbocycles. The Kier molecular flexibility index (Phi) is 4.58. The van der Waals surface area contributed by atoms with Crippen molar-refractivity contribution in [3.05, 3.63) is 0 Å². The molecule has 0 spiro atoms. The van der Waals surface area contributed by atoms with E-state index in [1.54, 1.807) is 0 Å². The van der Waals surface area contributed by atoms with Crippen molar-refractivity contribution < 1.29 is 9.90 Å². The third-order valence-corrected chi connectivity index (χ3v) is 3.82. The molecule has 0 bridgehead atoms. The fraction of sp³-hybridized carbons (Fsp3) is 0.917. The zero-order valence-electron chi connectivity index (χ0n) is 10.1. The summed E-state index contributed by atoms with van der Waals surface area (Å²) >= 11 is 0. The molecule has 0 saturated carbocycles. The molecule has 88 valence electrons. The summed E-state index contributed by atoms with van der Waals surface area (Å²) in [5, 5.41) is 8.84. The minimum atomic E-state index is -0.664. The van der Waals surface area contributed by atoms with E-state index in [0.29, 0.717) is 18.4 Å². The van der Waals surface area contributed by atoms with Crippen molar-refractivity contribution in [2.45, 2.75) is 58.5 Å². The van der Waals surface area contributed by atoms with Crippen molar-refractivity contribution in [1.82, 2.24) is 4.90 Å². The van der Waals surface area contributed by atoms with Crippen LogP contribution in [0.4, 0.5) is 0 Å². The molecule has 1 aliphatic heterocycles. The van der Waals surface area contributed by atoms with Crippen molar-refractivity contribution in [2.24, 2.45) is 5.92 Å². The van der Waals surface area contributed by atoms with Crippen LogP contribution in [0.3, 0.4) is 0 Å². The van der Waals surface area contributed by atoms with Crippen LogP contribution in [0.1, 0.15) is 46.5 Å². The van der Waals surface area contributed by atoms with Crippen LogP contribution in [0.25, 0.3) is 0 Å².